The first-order valence-electron chi connectivity index (χ1n) is 8.64. The summed E-state index contributed by atoms with van der Waals surface area (Å²) in [7, 11) is 0. The van der Waals surface area contributed by atoms with Crippen LogP contribution in [-0.2, 0) is 4.79 Å². The highest BCUT2D eigenvalue weighted by Gasteiger charge is 2.24. The van der Waals surface area contributed by atoms with Crippen LogP contribution in [0.2, 0.25) is 5.02 Å². The minimum Gasteiger partial charge on any atom is -0.311 e. The second-order valence-corrected chi connectivity index (χ2v) is 7.58. The minimum atomic E-state index is -0.357. The number of hydrogen-bond acceptors (Lipinski definition) is 4. The van der Waals surface area contributed by atoms with Crippen molar-refractivity contribution >= 4 is 45.6 Å². The number of rotatable bonds is 4. The molecule has 28 heavy (non-hydrogen) atoms. The molecule has 2 heterocycles. The van der Waals surface area contributed by atoms with E-state index in [1.165, 1.54) is 23.5 Å². The van der Waals surface area contributed by atoms with Gasteiger partial charge >= 0.3 is 0 Å². The Balaban J connectivity index is 1.54. The normalized spacial score (nSPS) is 13.8. The molecule has 0 saturated carbocycles. The third kappa shape index (κ3) is 3.76. The summed E-state index contributed by atoms with van der Waals surface area (Å²) in [6, 6.07) is 10.9. The number of thiazole rings is 1. The summed E-state index contributed by atoms with van der Waals surface area (Å²) in [6.45, 7) is 0.590. The third-order valence-electron chi connectivity index (χ3n) is 4.42. The highest BCUT2D eigenvalue weighted by Crippen LogP contribution is 2.31. The Labute approximate surface area is 169 Å². The Bertz CT molecular complexity index is 1070. The van der Waals surface area contributed by atoms with E-state index in [0.717, 1.165) is 6.42 Å². The molecular weight excluding hydrogens is 401 g/mol. The highest BCUT2D eigenvalue weighted by atomic mass is 35.5. The van der Waals surface area contributed by atoms with Crippen molar-refractivity contribution < 1.29 is 14.0 Å². The Morgan fingerprint density at radius 1 is 1.25 bits per heavy atom. The van der Waals surface area contributed by atoms with Crippen LogP contribution in [0.5, 0.6) is 0 Å². The number of aromatic nitrogens is 1. The number of carbonyl (C=O) groups excluding carboxylic acids is 2. The molecule has 1 N–H and O–H groups in total. The predicted molar refractivity (Wildman–Crippen MR) is 109 cm³/mol. The van der Waals surface area contributed by atoms with E-state index < -0.39 is 0 Å². The van der Waals surface area contributed by atoms with Crippen LogP contribution in [0.4, 0.5) is 15.2 Å². The van der Waals surface area contributed by atoms with Crippen LogP contribution < -0.4 is 10.2 Å². The second-order valence-electron chi connectivity index (χ2n) is 6.32. The van der Waals surface area contributed by atoms with Crippen molar-refractivity contribution in [2.24, 2.45) is 0 Å². The smallest absolute Gasteiger partial charge is 0.257 e. The minimum absolute atomic E-state index is 0.000818. The molecule has 1 aliphatic rings. The lowest BCUT2D eigenvalue weighted by Crippen LogP contribution is -2.24. The number of nitrogens with zero attached hydrogens (tertiary/aromatic N) is 2. The van der Waals surface area contributed by atoms with E-state index in [0.29, 0.717) is 45.6 Å². The number of halogens is 2. The average molecular weight is 416 g/mol. The zero-order chi connectivity index (χ0) is 19.7. The van der Waals surface area contributed by atoms with Gasteiger partial charge in [0.05, 0.1) is 16.4 Å². The molecule has 142 valence electrons. The first-order valence-corrected chi connectivity index (χ1v) is 9.90. The summed E-state index contributed by atoms with van der Waals surface area (Å²) in [5, 5.41) is 5.32. The molecule has 1 fully saturated rings. The van der Waals surface area contributed by atoms with Gasteiger partial charge in [-0.3, -0.25) is 14.9 Å². The van der Waals surface area contributed by atoms with E-state index in [9.17, 15) is 14.0 Å². The van der Waals surface area contributed by atoms with Crippen molar-refractivity contribution in [3.05, 3.63) is 64.2 Å². The number of hydrogen-bond donors (Lipinski definition) is 1. The number of amides is 2. The molecule has 2 aromatic carbocycles. The van der Waals surface area contributed by atoms with Gasteiger partial charge in [0, 0.05) is 29.5 Å². The summed E-state index contributed by atoms with van der Waals surface area (Å²) in [5.74, 6) is -0.704. The van der Waals surface area contributed by atoms with E-state index in [1.54, 1.807) is 40.6 Å². The number of carbonyl (C=O) groups is 2. The molecule has 0 radical (unpaired) electrons. The van der Waals surface area contributed by atoms with Gasteiger partial charge in [0.25, 0.3) is 5.91 Å². The summed E-state index contributed by atoms with van der Waals surface area (Å²) in [5.41, 5.74) is 2.13. The molecule has 0 bridgehead atoms. The number of anilines is 2. The Morgan fingerprint density at radius 3 is 2.86 bits per heavy atom. The maximum absolute atomic E-state index is 13.4. The Kier molecular flexibility index (Phi) is 5.11. The van der Waals surface area contributed by atoms with Crippen LogP contribution in [0.15, 0.2) is 47.8 Å². The molecule has 3 aromatic rings. The van der Waals surface area contributed by atoms with Crippen LogP contribution >= 0.6 is 22.9 Å². The lowest BCUT2D eigenvalue weighted by atomic mass is 10.1. The molecule has 2 amide bonds. The number of benzene rings is 2. The molecule has 0 spiro atoms. The molecule has 8 heteroatoms. The van der Waals surface area contributed by atoms with Crippen molar-refractivity contribution in [3.63, 3.8) is 0 Å². The molecule has 0 unspecified atom stereocenters. The van der Waals surface area contributed by atoms with Crippen LogP contribution in [-0.4, -0.2) is 23.3 Å². The molecular formula is C20H15ClFN3O2S. The van der Waals surface area contributed by atoms with E-state index in [1.807, 2.05) is 0 Å². The van der Waals surface area contributed by atoms with Gasteiger partial charge in [-0.15, -0.1) is 11.3 Å². The van der Waals surface area contributed by atoms with Gasteiger partial charge in [0.15, 0.2) is 5.13 Å². The lowest BCUT2D eigenvalue weighted by Gasteiger charge is -2.18. The van der Waals surface area contributed by atoms with Crippen molar-refractivity contribution in [2.75, 3.05) is 16.8 Å². The first-order chi connectivity index (χ1) is 13.5. The van der Waals surface area contributed by atoms with Crippen molar-refractivity contribution in [1.29, 1.82) is 0 Å². The fourth-order valence-corrected chi connectivity index (χ4v) is 3.98. The standard InChI is InChI=1S/C20H15ClFN3O2S/c21-15-7-6-13(10-17(15)25-8-2-5-18(25)26)19(27)24-20-23-16(11-28-20)12-3-1-4-14(22)9-12/h1,3-4,6-7,9-11H,2,5,8H2,(H,23,24,27). The average Bonchev–Trinajstić information content (AvgIpc) is 3.31. The summed E-state index contributed by atoms with van der Waals surface area (Å²) in [4.78, 5) is 30.6. The van der Waals surface area contributed by atoms with E-state index in [2.05, 4.69) is 10.3 Å². The summed E-state index contributed by atoms with van der Waals surface area (Å²) in [6.07, 6.45) is 1.25. The molecule has 1 aromatic heterocycles. The SMILES string of the molecule is O=C(Nc1nc(-c2cccc(F)c2)cs1)c1ccc(Cl)c(N2CCCC2=O)c1. The van der Waals surface area contributed by atoms with Gasteiger partial charge in [-0.05, 0) is 36.8 Å². The zero-order valence-electron chi connectivity index (χ0n) is 14.6. The molecule has 1 saturated heterocycles. The second kappa shape index (κ2) is 7.69. The highest BCUT2D eigenvalue weighted by molar-refractivity contribution is 7.14. The topological polar surface area (TPSA) is 62.3 Å². The van der Waals surface area contributed by atoms with Gasteiger partial charge in [-0.25, -0.2) is 9.37 Å². The van der Waals surface area contributed by atoms with Gasteiger partial charge in [-0.2, -0.15) is 0 Å². The molecule has 1 aliphatic heterocycles. The lowest BCUT2D eigenvalue weighted by molar-refractivity contribution is -0.117. The predicted octanol–water partition coefficient (Wildman–Crippen LogP) is 4.98. The summed E-state index contributed by atoms with van der Waals surface area (Å²) < 4.78 is 13.4. The van der Waals surface area contributed by atoms with Crippen LogP contribution in [0.1, 0.15) is 23.2 Å². The molecule has 4 rings (SSSR count). The van der Waals surface area contributed by atoms with E-state index >= 15 is 0 Å². The van der Waals surface area contributed by atoms with E-state index in [4.69, 9.17) is 11.6 Å². The molecule has 5 nitrogen and oxygen atoms in total. The fraction of sp³-hybridized carbons (Fsp3) is 0.150. The molecule has 0 atom stereocenters. The monoisotopic (exact) mass is 415 g/mol. The van der Waals surface area contributed by atoms with Gasteiger partial charge in [0.2, 0.25) is 5.91 Å². The third-order valence-corrected chi connectivity index (χ3v) is 5.49. The zero-order valence-corrected chi connectivity index (χ0v) is 16.2. The maximum Gasteiger partial charge on any atom is 0.257 e. The van der Waals surface area contributed by atoms with Crippen molar-refractivity contribution in [3.8, 4) is 11.3 Å². The largest absolute Gasteiger partial charge is 0.311 e. The number of nitrogens with one attached hydrogen (secondary N) is 1. The van der Waals surface area contributed by atoms with Crippen LogP contribution in [0, 0.1) is 5.82 Å². The quantitative estimate of drug-likeness (QED) is 0.653. The summed E-state index contributed by atoms with van der Waals surface area (Å²) >= 11 is 7.47. The van der Waals surface area contributed by atoms with Crippen molar-refractivity contribution in [2.45, 2.75) is 12.8 Å². The Morgan fingerprint density at radius 2 is 2.11 bits per heavy atom. The molecule has 0 aliphatic carbocycles. The fourth-order valence-electron chi connectivity index (χ4n) is 3.04. The van der Waals surface area contributed by atoms with Gasteiger partial charge in [0.1, 0.15) is 5.82 Å². The van der Waals surface area contributed by atoms with E-state index in [-0.39, 0.29) is 17.6 Å². The van der Waals surface area contributed by atoms with Gasteiger partial charge < -0.3 is 4.90 Å². The van der Waals surface area contributed by atoms with Crippen LogP contribution in [0.25, 0.3) is 11.3 Å². The van der Waals surface area contributed by atoms with Crippen molar-refractivity contribution in [1.82, 2.24) is 4.98 Å². The Hall–Kier alpha value is -2.77. The maximum atomic E-state index is 13.4. The first kappa shape index (κ1) is 18.6. The van der Waals surface area contributed by atoms with Gasteiger partial charge in [-0.1, -0.05) is 23.7 Å². The van der Waals surface area contributed by atoms with Crippen LogP contribution in [0.3, 0.4) is 0 Å².